The van der Waals surface area contributed by atoms with Crippen molar-refractivity contribution in [3.8, 4) is 11.5 Å². The van der Waals surface area contributed by atoms with Crippen molar-refractivity contribution < 1.29 is 9.64 Å². The SMILES string of the molecule is C(=N/N1CC[NH+](Cc2cccc3ccccc23)CC1)/c1cccc(Oc2ccccc2)c1. The van der Waals surface area contributed by atoms with Gasteiger partial charge in [0.25, 0.3) is 0 Å². The third kappa shape index (κ3) is 4.98. The van der Waals surface area contributed by atoms with Crippen LogP contribution in [-0.4, -0.2) is 37.4 Å². The smallest absolute Gasteiger partial charge is 0.128 e. The van der Waals surface area contributed by atoms with Crippen molar-refractivity contribution in [1.82, 2.24) is 5.01 Å². The number of hydrogen-bond donors (Lipinski definition) is 1. The van der Waals surface area contributed by atoms with Gasteiger partial charge in [0.15, 0.2) is 0 Å². The van der Waals surface area contributed by atoms with Crippen LogP contribution in [0.4, 0.5) is 0 Å². The van der Waals surface area contributed by atoms with E-state index in [0.717, 1.165) is 49.8 Å². The van der Waals surface area contributed by atoms with E-state index in [2.05, 4.69) is 53.5 Å². The molecule has 4 heteroatoms. The monoisotopic (exact) mass is 422 g/mol. The maximum Gasteiger partial charge on any atom is 0.128 e. The Hall–Kier alpha value is -3.63. The summed E-state index contributed by atoms with van der Waals surface area (Å²) < 4.78 is 5.93. The third-order valence-corrected chi connectivity index (χ3v) is 5.97. The molecule has 4 nitrogen and oxygen atoms in total. The number of hydrazone groups is 1. The molecule has 1 heterocycles. The third-order valence-electron chi connectivity index (χ3n) is 5.97. The number of quaternary nitrogens is 1. The summed E-state index contributed by atoms with van der Waals surface area (Å²) in [4.78, 5) is 1.62. The Bertz CT molecular complexity index is 1190. The van der Waals surface area contributed by atoms with Crippen LogP contribution in [0.5, 0.6) is 11.5 Å². The minimum Gasteiger partial charge on any atom is -0.457 e. The van der Waals surface area contributed by atoms with Crippen molar-refractivity contribution in [1.29, 1.82) is 0 Å². The topological polar surface area (TPSA) is 29.3 Å². The number of piperazine rings is 1. The molecule has 0 saturated carbocycles. The molecule has 0 bridgehead atoms. The lowest BCUT2D eigenvalue weighted by atomic mass is 10.0. The van der Waals surface area contributed by atoms with Crippen molar-refractivity contribution >= 4 is 17.0 Å². The van der Waals surface area contributed by atoms with Gasteiger partial charge >= 0.3 is 0 Å². The van der Waals surface area contributed by atoms with Gasteiger partial charge in [0, 0.05) is 5.56 Å². The van der Waals surface area contributed by atoms with Crippen molar-refractivity contribution in [2.24, 2.45) is 5.10 Å². The van der Waals surface area contributed by atoms with Gasteiger partial charge in [0.2, 0.25) is 0 Å². The van der Waals surface area contributed by atoms with Crippen LogP contribution in [0.3, 0.4) is 0 Å². The van der Waals surface area contributed by atoms with Crippen LogP contribution in [0.1, 0.15) is 11.1 Å². The highest BCUT2D eigenvalue weighted by molar-refractivity contribution is 5.85. The predicted octanol–water partition coefficient (Wildman–Crippen LogP) is 4.37. The lowest BCUT2D eigenvalue weighted by Gasteiger charge is -2.30. The number of para-hydroxylation sites is 1. The average Bonchev–Trinajstić information content (AvgIpc) is 2.85. The normalized spacial score (nSPS) is 14.8. The summed E-state index contributed by atoms with van der Waals surface area (Å²) in [7, 11) is 0. The molecule has 5 rings (SSSR count). The molecule has 0 atom stereocenters. The van der Waals surface area contributed by atoms with Gasteiger partial charge in [0.1, 0.15) is 18.0 Å². The highest BCUT2D eigenvalue weighted by Crippen LogP contribution is 2.21. The quantitative estimate of drug-likeness (QED) is 0.468. The Labute approximate surface area is 189 Å². The summed E-state index contributed by atoms with van der Waals surface area (Å²) in [6.07, 6.45) is 1.94. The number of rotatable bonds is 6. The van der Waals surface area contributed by atoms with E-state index in [4.69, 9.17) is 9.84 Å². The van der Waals surface area contributed by atoms with Gasteiger partial charge in [0.05, 0.1) is 32.4 Å². The number of hydrogen-bond acceptors (Lipinski definition) is 3. The largest absolute Gasteiger partial charge is 0.457 e. The fourth-order valence-corrected chi connectivity index (χ4v) is 4.25. The molecule has 0 spiro atoms. The number of ether oxygens (including phenoxy) is 1. The maximum atomic E-state index is 5.93. The molecule has 0 radical (unpaired) electrons. The van der Waals surface area contributed by atoms with Crippen LogP contribution in [0.2, 0.25) is 0 Å². The van der Waals surface area contributed by atoms with E-state index in [1.807, 2.05) is 54.7 Å². The molecule has 1 fully saturated rings. The van der Waals surface area contributed by atoms with Crippen molar-refractivity contribution in [3.05, 3.63) is 108 Å². The fourth-order valence-electron chi connectivity index (χ4n) is 4.25. The van der Waals surface area contributed by atoms with Crippen LogP contribution in [-0.2, 0) is 6.54 Å². The maximum absolute atomic E-state index is 5.93. The number of fused-ring (bicyclic) bond motifs is 1. The molecule has 0 aromatic heterocycles. The summed E-state index contributed by atoms with van der Waals surface area (Å²) in [6, 6.07) is 33.2. The van der Waals surface area contributed by atoms with E-state index in [0.29, 0.717) is 0 Å². The van der Waals surface area contributed by atoms with Crippen LogP contribution in [0.25, 0.3) is 10.8 Å². The first-order valence-corrected chi connectivity index (χ1v) is 11.3. The Balaban J connectivity index is 1.17. The second kappa shape index (κ2) is 9.67. The molecule has 32 heavy (non-hydrogen) atoms. The van der Waals surface area contributed by atoms with Gasteiger partial charge in [-0.05, 0) is 40.6 Å². The lowest BCUT2D eigenvalue weighted by molar-refractivity contribution is -0.918. The van der Waals surface area contributed by atoms with Gasteiger partial charge in [-0.3, -0.25) is 5.01 Å². The number of nitrogens with one attached hydrogen (secondary N) is 1. The Morgan fingerprint density at radius 1 is 0.781 bits per heavy atom. The number of nitrogens with zero attached hydrogens (tertiary/aromatic N) is 2. The van der Waals surface area contributed by atoms with Gasteiger partial charge in [-0.15, -0.1) is 0 Å². The summed E-state index contributed by atoms with van der Waals surface area (Å²) in [5.74, 6) is 1.66. The lowest BCUT2D eigenvalue weighted by Crippen LogP contribution is -3.13. The Morgan fingerprint density at radius 2 is 1.50 bits per heavy atom. The molecule has 1 N–H and O–H groups in total. The highest BCUT2D eigenvalue weighted by atomic mass is 16.5. The van der Waals surface area contributed by atoms with Crippen LogP contribution >= 0.6 is 0 Å². The molecule has 1 aliphatic heterocycles. The summed E-state index contributed by atoms with van der Waals surface area (Å²) in [5.41, 5.74) is 2.48. The molecular weight excluding hydrogens is 394 g/mol. The minimum absolute atomic E-state index is 0.824. The van der Waals surface area contributed by atoms with Crippen molar-refractivity contribution in [3.63, 3.8) is 0 Å². The van der Waals surface area contributed by atoms with E-state index in [9.17, 15) is 0 Å². The zero-order chi connectivity index (χ0) is 21.6. The summed E-state index contributed by atoms with van der Waals surface area (Å²) >= 11 is 0. The summed E-state index contributed by atoms with van der Waals surface area (Å²) in [5, 5.41) is 9.61. The zero-order valence-electron chi connectivity index (χ0n) is 18.2. The summed E-state index contributed by atoms with van der Waals surface area (Å²) in [6.45, 7) is 5.20. The minimum atomic E-state index is 0.824. The Kier molecular flexibility index (Phi) is 6.13. The first kappa shape index (κ1) is 20.3. The van der Waals surface area contributed by atoms with Crippen molar-refractivity contribution in [2.45, 2.75) is 6.54 Å². The van der Waals surface area contributed by atoms with Crippen LogP contribution in [0.15, 0.2) is 102 Å². The zero-order valence-corrected chi connectivity index (χ0v) is 18.2. The molecule has 0 aliphatic carbocycles. The second-order valence-corrected chi connectivity index (χ2v) is 8.25. The first-order valence-electron chi connectivity index (χ1n) is 11.3. The van der Waals surface area contributed by atoms with Gasteiger partial charge in [-0.2, -0.15) is 5.10 Å². The van der Waals surface area contributed by atoms with E-state index in [1.54, 1.807) is 4.90 Å². The molecule has 1 aliphatic rings. The number of benzene rings is 4. The molecule has 4 aromatic carbocycles. The molecule has 160 valence electrons. The molecule has 0 amide bonds. The predicted molar refractivity (Wildman–Crippen MR) is 130 cm³/mol. The molecular formula is C28H28N3O+. The molecule has 0 unspecified atom stereocenters. The standard InChI is InChI=1S/C28H27N3O/c1-2-12-26(13-3-1)32-27-14-6-8-23(20-27)21-29-31-18-16-30(17-19-31)22-25-11-7-10-24-9-4-5-15-28(24)25/h1-15,20-21H,16-19,22H2/p+1/b29-21-. The van der Waals surface area contributed by atoms with E-state index in [-0.39, 0.29) is 0 Å². The van der Waals surface area contributed by atoms with E-state index in [1.165, 1.54) is 16.3 Å². The molecule has 4 aromatic rings. The van der Waals surface area contributed by atoms with Crippen LogP contribution in [0, 0.1) is 0 Å². The van der Waals surface area contributed by atoms with Crippen LogP contribution < -0.4 is 9.64 Å². The second-order valence-electron chi connectivity index (χ2n) is 8.25. The van der Waals surface area contributed by atoms with Gasteiger partial charge in [-0.25, -0.2) is 0 Å². The Morgan fingerprint density at radius 3 is 2.38 bits per heavy atom. The average molecular weight is 423 g/mol. The molecule has 1 saturated heterocycles. The first-order chi connectivity index (χ1) is 15.8. The van der Waals surface area contributed by atoms with E-state index < -0.39 is 0 Å². The van der Waals surface area contributed by atoms with Gasteiger partial charge in [-0.1, -0.05) is 72.8 Å². The fraction of sp³-hybridized carbons (Fsp3) is 0.179. The highest BCUT2D eigenvalue weighted by Gasteiger charge is 2.19. The van der Waals surface area contributed by atoms with Crippen molar-refractivity contribution in [2.75, 3.05) is 26.2 Å². The van der Waals surface area contributed by atoms with E-state index >= 15 is 0 Å². The van der Waals surface area contributed by atoms with Gasteiger partial charge < -0.3 is 9.64 Å².